The number of amides is 1. The molecule has 17 heavy (non-hydrogen) atoms. The van der Waals surface area contributed by atoms with E-state index in [1.54, 1.807) is 6.20 Å². The lowest BCUT2D eigenvalue weighted by atomic mass is 10.1. The quantitative estimate of drug-likeness (QED) is 0.834. The minimum Gasteiger partial charge on any atom is -0.350 e. The van der Waals surface area contributed by atoms with E-state index in [1.807, 2.05) is 38.9 Å². The van der Waals surface area contributed by atoms with Gasteiger partial charge in [0.2, 0.25) is 11.9 Å². The van der Waals surface area contributed by atoms with Crippen molar-refractivity contribution in [1.82, 2.24) is 15.3 Å². The van der Waals surface area contributed by atoms with Crippen molar-refractivity contribution < 1.29 is 4.79 Å². The van der Waals surface area contributed by atoms with E-state index in [2.05, 4.69) is 15.3 Å². The van der Waals surface area contributed by atoms with Gasteiger partial charge < -0.3 is 10.2 Å². The van der Waals surface area contributed by atoms with E-state index in [0.717, 1.165) is 5.69 Å². The lowest BCUT2D eigenvalue weighted by Crippen LogP contribution is -2.25. The monoisotopic (exact) mass is 236 g/mol. The van der Waals surface area contributed by atoms with Gasteiger partial charge in [-0.1, -0.05) is 13.8 Å². The number of carbonyl (C=O) groups excluding carboxylic acids is 1. The van der Waals surface area contributed by atoms with Gasteiger partial charge in [-0.25, -0.2) is 9.97 Å². The highest BCUT2D eigenvalue weighted by Crippen LogP contribution is 2.04. The van der Waals surface area contributed by atoms with Crippen LogP contribution in [-0.4, -0.2) is 30.0 Å². The van der Waals surface area contributed by atoms with Crippen LogP contribution in [0.3, 0.4) is 0 Å². The maximum Gasteiger partial charge on any atom is 0.225 e. The molecule has 5 heteroatoms. The zero-order chi connectivity index (χ0) is 12.8. The van der Waals surface area contributed by atoms with Crippen LogP contribution in [-0.2, 0) is 11.3 Å². The molecule has 0 saturated carbocycles. The molecule has 0 radical (unpaired) electrons. The molecule has 1 aromatic rings. The molecule has 1 heterocycles. The molecule has 1 N–H and O–H groups in total. The maximum atomic E-state index is 11.5. The lowest BCUT2D eigenvalue weighted by Gasteiger charge is -2.11. The molecular weight excluding hydrogens is 216 g/mol. The third-order valence-corrected chi connectivity index (χ3v) is 2.16. The molecule has 0 atom stereocenters. The van der Waals surface area contributed by atoms with Crippen LogP contribution < -0.4 is 10.2 Å². The number of hydrogen-bond acceptors (Lipinski definition) is 4. The Balaban J connectivity index is 2.52. The van der Waals surface area contributed by atoms with E-state index in [1.165, 1.54) is 0 Å². The van der Waals surface area contributed by atoms with Gasteiger partial charge in [0.25, 0.3) is 0 Å². The predicted molar refractivity (Wildman–Crippen MR) is 67.7 cm³/mol. The number of carbonyl (C=O) groups is 1. The van der Waals surface area contributed by atoms with Crippen molar-refractivity contribution in [3.8, 4) is 0 Å². The van der Waals surface area contributed by atoms with Gasteiger partial charge in [-0.2, -0.15) is 0 Å². The highest BCUT2D eigenvalue weighted by molar-refractivity contribution is 5.75. The Morgan fingerprint density at radius 2 is 2.18 bits per heavy atom. The van der Waals surface area contributed by atoms with Crippen LogP contribution in [0.5, 0.6) is 0 Å². The first-order valence-corrected chi connectivity index (χ1v) is 5.75. The Hall–Kier alpha value is -1.65. The normalized spacial score (nSPS) is 10.4. The third-order valence-electron chi connectivity index (χ3n) is 2.16. The first-order valence-electron chi connectivity index (χ1n) is 5.75. The summed E-state index contributed by atoms with van der Waals surface area (Å²) in [6, 6.07) is 1.81. The summed E-state index contributed by atoms with van der Waals surface area (Å²) in [4.78, 5) is 21.8. The van der Waals surface area contributed by atoms with E-state index in [9.17, 15) is 4.79 Å². The van der Waals surface area contributed by atoms with Gasteiger partial charge in [0.05, 0.1) is 12.2 Å². The molecule has 1 rings (SSSR count). The van der Waals surface area contributed by atoms with Gasteiger partial charge in [-0.05, 0) is 12.0 Å². The highest BCUT2D eigenvalue weighted by atomic mass is 16.1. The minimum absolute atomic E-state index is 0.0602. The van der Waals surface area contributed by atoms with E-state index in [4.69, 9.17) is 0 Å². The Morgan fingerprint density at radius 3 is 2.76 bits per heavy atom. The molecule has 0 aliphatic heterocycles. The van der Waals surface area contributed by atoms with Gasteiger partial charge in [-0.15, -0.1) is 0 Å². The SMILES string of the molecule is CC(C)CC(=O)NCc1ccnc(N(C)C)n1. The van der Waals surface area contributed by atoms with Crippen LogP contribution in [0.4, 0.5) is 5.95 Å². The average Bonchev–Trinajstić information content (AvgIpc) is 2.26. The van der Waals surface area contributed by atoms with Gasteiger partial charge in [0.15, 0.2) is 0 Å². The Labute approximate surface area is 102 Å². The summed E-state index contributed by atoms with van der Waals surface area (Å²) in [5.41, 5.74) is 0.820. The molecule has 0 saturated heterocycles. The molecule has 1 aromatic heterocycles. The Bertz CT molecular complexity index is 377. The summed E-state index contributed by atoms with van der Waals surface area (Å²) in [6.45, 7) is 4.50. The topological polar surface area (TPSA) is 58.1 Å². The second-order valence-corrected chi connectivity index (χ2v) is 4.62. The molecule has 94 valence electrons. The van der Waals surface area contributed by atoms with Crippen LogP contribution in [0.2, 0.25) is 0 Å². The fourth-order valence-electron chi connectivity index (χ4n) is 1.33. The summed E-state index contributed by atoms with van der Waals surface area (Å²) in [5, 5.41) is 2.85. The fraction of sp³-hybridized carbons (Fsp3) is 0.583. The van der Waals surface area contributed by atoms with Crippen molar-refractivity contribution in [2.24, 2.45) is 5.92 Å². The van der Waals surface area contributed by atoms with E-state index in [-0.39, 0.29) is 5.91 Å². The number of hydrogen-bond donors (Lipinski definition) is 1. The van der Waals surface area contributed by atoms with Crippen molar-refractivity contribution in [2.45, 2.75) is 26.8 Å². The molecule has 1 amide bonds. The summed E-state index contributed by atoms with van der Waals surface area (Å²) in [5.74, 6) is 1.09. The molecule has 0 bridgehead atoms. The van der Waals surface area contributed by atoms with Crippen LogP contribution in [0.15, 0.2) is 12.3 Å². The molecular formula is C12H20N4O. The maximum absolute atomic E-state index is 11.5. The lowest BCUT2D eigenvalue weighted by molar-refractivity contribution is -0.121. The average molecular weight is 236 g/mol. The van der Waals surface area contributed by atoms with Crippen molar-refractivity contribution in [3.05, 3.63) is 18.0 Å². The molecule has 5 nitrogen and oxygen atoms in total. The molecule has 0 spiro atoms. The van der Waals surface area contributed by atoms with E-state index < -0.39 is 0 Å². The van der Waals surface area contributed by atoms with Crippen LogP contribution in [0.1, 0.15) is 26.0 Å². The van der Waals surface area contributed by atoms with Crippen molar-refractivity contribution in [3.63, 3.8) is 0 Å². The number of aromatic nitrogens is 2. The van der Waals surface area contributed by atoms with Gasteiger partial charge in [-0.3, -0.25) is 4.79 Å². The first-order chi connectivity index (χ1) is 7.99. The highest BCUT2D eigenvalue weighted by Gasteiger charge is 2.06. The second-order valence-electron chi connectivity index (χ2n) is 4.62. The fourth-order valence-corrected chi connectivity index (χ4v) is 1.33. The third kappa shape index (κ3) is 4.80. The molecule has 0 unspecified atom stereocenters. The van der Waals surface area contributed by atoms with E-state index >= 15 is 0 Å². The van der Waals surface area contributed by atoms with Crippen molar-refractivity contribution in [1.29, 1.82) is 0 Å². The van der Waals surface area contributed by atoms with Gasteiger partial charge in [0.1, 0.15) is 0 Å². The molecule has 0 aromatic carbocycles. The minimum atomic E-state index is 0.0602. The number of nitrogens with one attached hydrogen (secondary N) is 1. The van der Waals surface area contributed by atoms with Gasteiger partial charge >= 0.3 is 0 Å². The molecule has 0 aliphatic rings. The van der Waals surface area contributed by atoms with Gasteiger partial charge in [0, 0.05) is 26.7 Å². The number of anilines is 1. The summed E-state index contributed by atoms with van der Waals surface area (Å²) >= 11 is 0. The van der Waals surface area contributed by atoms with Crippen LogP contribution in [0, 0.1) is 5.92 Å². The number of rotatable bonds is 5. The summed E-state index contributed by atoms with van der Waals surface area (Å²) in [6.07, 6.45) is 2.25. The molecule has 0 fully saturated rings. The largest absolute Gasteiger partial charge is 0.350 e. The first kappa shape index (κ1) is 13.4. The zero-order valence-electron chi connectivity index (χ0n) is 10.9. The van der Waals surface area contributed by atoms with Crippen LogP contribution in [0.25, 0.3) is 0 Å². The van der Waals surface area contributed by atoms with Crippen molar-refractivity contribution >= 4 is 11.9 Å². The molecule has 0 aliphatic carbocycles. The second kappa shape index (κ2) is 6.18. The summed E-state index contributed by atoms with van der Waals surface area (Å²) in [7, 11) is 3.77. The van der Waals surface area contributed by atoms with Crippen LogP contribution >= 0.6 is 0 Å². The standard InChI is InChI=1S/C12H20N4O/c1-9(2)7-11(17)14-8-10-5-6-13-12(15-10)16(3)4/h5-6,9H,7-8H2,1-4H3,(H,14,17). The zero-order valence-corrected chi connectivity index (χ0v) is 10.9. The Kier molecular flexibility index (Phi) is 4.87. The summed E-state index contributed by atoms with van der Waals surface area (Å²) < 4.78 is 0. The van der Waals surface area contributed by atoms with Crippen molar-refractivity contribution in [2.75, 3.05) is 19.0 Å². The predicted octanol–water partition coefficient (Wildman–Crippen LogP) is 1.20. The smallest absolute Gasteiger partial charge is 0.225 e. The number of nitrogens with zero attached hydrogens (tertiary/aromatic N) is 3. The van der Waals surface area contributed by atoms with E-state index in [0.29, 0.717) is 24.8 Å². The Morgan fingerprint density at radius 1 is 1.47 bits per heavy atom.